The lowest BCUT2D eigenvalue weighted by Gasteiger charge is -2.30. The van der Waals surface area contributed by atoms with Crippen LogP contribution in [0.2, 0.25) is 5.02 Å². The molecule has 0 amide bonds. The fourth-order valence-electron chi connectivity index (χ4n) is 2.72. The zero-order valence-electron chi connectivity index (χ0n) is 11.6. The number of hydrogen-bond donors (Lipinski definition) is 1. The summed E-state index contributed by atoms with van der Waals surface area (Å²) < 4.78 is 1.47. The molecule has 0 bridgehead atoms. The van der Waals surface area contributed by atoms with E-state index in [2.05, 4.69) is 42.7 Å². The molecule has 0 aliphatic carbocycles. The van der Waals surface area contributed by atoms with Crippen molar-refractivity contribution in [3.8, 4) is 0 Å². The molecular weight excluding hydrogens is 306 g/mol. The minimum absolute atomic E-state index is 0.261. The zero-order chi connectivity index (χ0) is 14.1. The Morgan fingerprint density at radius 3 is 2.90 bits per heavy atom. The summed E-state index contributed by atoms with van der Waals surface area (Å²) >= 11 is 10.2. The number of thioether (sulfide) groups is 1. The second kappa shape index (κ2) is 6.10. The van der Waals surface area contributed by atoms with Crippen LogP contribution in [0.3, 0.4) is 0 Å². The van der Waals surface area contributed by atoms with Gasteiger partial charge in [-0.25, -0.2) is 0 Å². The number of benzene rings is 1. The highest BCUT2D eigenvalue weighted by Crippen LogP contribution is 2.44. The summed E-state index contributed by atoms with van der Waals surface area (Å²) in [5, 5.41) is 7.46. The van der Waals surface area contributed by atoms with Gasteiger partial charge < -0.3 is 5.32 Å². The number of fused-ring (bicyclic) bond motifs is 1. The lowest BCUT2D eigenvalue weighted by molar-refractivity contribution is 0.435. The Morgan fingerprint density at radius 2 is 2.10 bits per heavy atom. The van der Waals surface area contributed by atoms with E-state index in [4.69, 9.17) is 11.6 Å². The first kappa shape index (κ1) is 14.5. The Bertz CT molecular complexity index is 596. The van der Waals surface area contributed by atoms with Crippen LogP contribution in [0.4, 0.5) is 0 Å². The van der Waals surface area contributed by atoms with Crippen molar-refractivity contribution in [2.75, 3.05) is 0 Å². The van der Waals surface area contributed by atoms with Gasteiger partial charge in [-0.3, -0.25) is 0 Å². The molecular formula is C16H18ClNS2. The molecule has 3 rings (SSSR count). The molecule has 1 N–H and O–H groups in total. The Kier molecular flexibility index (Phi) is 4.41. The van der Waals surface area contributed by atoms with Crippen molar-refractivity contribution in [1.29, 1.82) is 0 Å². The first-order valence-corrected chi connectivity index (χ1v) is 9.03. The van der Waals surface area contributed by atoms with Crippen molar-refractivity contribution < 1.29 is 0 Å². The molecule has 20 heavy (non-hydrogen) atoms. The molecule has 2 aromatic rings. The average Bonchev–Trinajstić information content (AvgIpc) is 2.87. The standard InChI is InChI=1S/C16H18ClNS2/c1-10-9-15(13-7-8-19-16(13)20-10)18-11(2)12-5-3-4-6-14(12)17/h3-8,10-11,15,18H,9H2,1-2H3/t10-,11?,15?/m0/s1. The summed E-state index contributed by atoms with van der Waals surface area (Å²) in [5.74, 6) is 0. The van der Waals surface area contributed by atoms with Gasteiger partial charge in [-0.15, -0.1) is 23.1 Å². The van der Waals surface area contributed by atoms with Crippen LogP contribution in [0.25, 0.3) is 0 Å². The van der Waals surface area contributed by atoms with E-state index in [0.717, 1.165) is 5.02 Å². The number of nitrogens with one attached hydrogen (secondary N) is 1. The molecule has 2 unspecified atom stereocenters. The van der Waals surface area contributed by atoms with Crippen molar-refractivity contribution in [2.45, 2.75) is 41.8 Å². The van der Waals surface area contributed by atoms with Crippen LogP contribution < -0.4 is 5.32 Å². The molecule has 1 aliphatic rings. The van der Waals surface area contributed by atoms with E-state index in [-0.39, 0.29) is 6.04 Å². The van der Waals surface area contributed by atoms with Crippen LogP contribution >= 0.6 is 34.7 Å². The molecule has 1 aliphatic heterocycles. The normalized spacial score (nSPS) is 23.4. The van der Waals surface area contributed by atoms with Gasteiger partial charge in [0.15, 0.2) is 0 Å². The lowest BCUT2D eigenvalue weighted by atomic mass is 10.0. The maximum atomic E-state index is 6.30. The zero-order valence-corrected chi connectivity index (χ0v) is 14.0. The third kappa shape index (κ3) is 2.91. The Morgan fingerprint density at radius 1 is 1.30 bits per heavy atom. The molecule has 0 saturated carbocycles. The first-order chi connectivity index (χ1) is 9.65. The minimum atomic E-state index is 0.261. The lowest BCUT2D eigenvalue weighted by Crippen LogP contribution is -2.28. The molecule has 1 nitrogen and oxygen atoms in total. The van der Waals surface area contributed by atoms with Crippen molar-refractivity contribution in [3.05, 3.63) is 51.9 Å². The average molecular weight is 324 g/mol. The van der Waals surface area contributed by atoms with Gasteiger partial charge in [0.2, 0.25) is 0 Å². The van der Waals surface area contributed by atoms with Crippen LogP contribution in [-0.2, 0) is 0 Å². The van der Waals surface area contributed by atoms with Crippen LogP contribution in [0.15, 0.2) is 39.9 Å². The van der Waals surface area contributed by atoms with E-state index in [1.54, 1.807) is 0 Å². The van der Waals surface area contributed by atoms with E-state index in [9.17, 15) is 0 Å². The highest BCUT2D eigenvalue weighted by atomic mass is 35.5. The van der Waals surface area contributed by atoms with E-state index in [0.29, 0.717) is 11.3 Å². The highest BCUT2D eigenvalue weighted by molar-refractivity contribution is 8.01. The Hall–Kier alpha value is -0.480. The summed E-state index contributed by atoms with van der Waals surface area (Å²) in [4.78, 5) is 0. The third-order valence-corrected chi connectivity index (χ3v) is 6.42. The molecule has 0 spiro atoms. The Balaban J connectivity index is 1.80. The SMILES string of the molecule is CC(NC1C[C@H](C)Sc2sccc21)c1ccccc1Cl. The van der Waals surface area contributed by atoms with Crippen molar-refractivity contribution in [2.24, 2.45) is 0 Å². The van der Waals surface area contributed by atoms with Crippen LogP contribution in [0, 0.1) is 0 Å². The maximum absolute atomic E-state index is 6.30. The van der Waals surface area contributed by atoms with Gasteiger partial charge >= 0.3 is 0 Å². The largest absolute Gasteiger partial charge is 0.303 e. The van der Waals surface area contributed by atoms with E-state index in [1.165, 1.54) is 21.8 Å². The fourth-order valence-corrected chi connectivity index (χ4v) is 5.59. The van der Waals surface area contributed by atoms with Crippen molar-refractivity contribution in [1.82, 2.24) is 5.32 Å². The molecule has 1 aromatic carbocycles. The second-order valence-corrected chi connectivity index (χ2v) is 8.32. The monoisotopic (exact) mass is 323 g/mol. The van der Waals surface area contributed by atoms with Crippen molar-refractivity contribution >= 4 is 34.7 Å². The number of rotatable bonds is 3. The molecule has 0 saturated heterocycles. The van der Waals surface area contributed by atoms with Gasteiger partial charge in [-0.2, -0.15) is 0 Å². The van der Waals surface area contributed by atoms with Gasteiger partial charge in [-0.05, 0) is 42.0 Å². The maximum Gasteiger partial charge on any atom is 0.0649 e. The van der Waals surface area contributed by atoms with Gasteiger partial charge in [0.05, 0.1) is 4.21 Å². The van der Waals surface area contributed by atoms with Crippen LogP contribution in [0.1, 0.15) is 43.5 Å². The Labute approximate surface area is 133 Å². The summed E-state index contributed by atoms with van der Waals surface area (Å²) in [5.41, 5.74) is 2.63. The molecule has 2 heterocycles. The van der Waals surface area contributed by atoms with E-state index in [1.807, 2.05) is 35.2 Å². The van der Waals surface area contributed by atoms with Crippen LogP contribution in [0.5, 0.6) is 0 Å². The van der Waals surface area contributed by atoms with Crippen molar-refractivity contribution in [3.63, 3.8) is 0 Å². The topological polar surface area (TPSA) is 12.0 Å². The summed E-state index contributed by atoms with van der Waals surface area (Å²) in [6, 6.07) is 11.1. The summed E-state index contributed by atoms with van der Waals surface area (Å²) in [6.07, 6.45) is 1.17. The molecule has 0 fully saturated rings. The van der Waals surface area contributed by atoms with Crippen LogP contribution in [-0.4, -0.2) is 5.25 Å². The number of halogens is 1. The van der Waals surface area contributed by atoms with E-state index < -0.39 is 0 Å². The first-order valence-electron chi connectivity index (χ1n) is 6.89. The smallest absolute Gasteiger partial charge is 0.0649 e. The minimum Gasteiger partial charge on any atom is -0.303 e. The van der Waals surface area contributed by atoms with Gasteiger partial charge in [-0.1, -0.05) is 36.7 Å². The fraction of sp³-hybridized carbons (Fsp3) is 0.375. The van der Waals surface area contributed by atoms with E-state index >= 15 is 0 Å². The highest BCUT2D eigenvalue weighted by Gasteiger charge is 2.27. The third-order valence-electron chi connectivity index (χ3n) is 3.73. The molecule has 3 atom stereocenters. The second-order valence-electron chi connectivity index (χ2n) is 5.29. The quantitative estimate of drug-likeness (QED) is 0.780. The van der Waals surface area contributed by atoms with Gasteiger partial charge in [0, 0.05) is 22.4 Å². The summed E-state index contributed by atoms with van der Waals surface area (Å²) in [6.45, 7) is 4.50. The van der Waals surface area contributed by atoms with Gasteiger partial charge in [0.25, 0.3) is 0 Å². The molecule has 0 radical (unpaired) electrons. The predicted octanol–water partition coefficient (Wildman–Crippen LogP) is 5.68. The summed E-state index contributed by atoms with van der Waals surface area (Å²) in [7, 11) is 0. The molecule has 106 valence electrons. The molecule has 1 aromatic heterocycles. The predicted molar refractivity (Wildman–Crippen MR) is 90.0 cm³/mol. The molecule has 4 heteroatoms. The van der Waals surface area contributed by atoms with Gasteiger partial charge in [0.1, 0.15) is 0 Å². The number of thiophene rings is 1. The number of hydrogen-bond acceptors (Lipinski definition) is 3.